The topological polar surface area (TPSA) is 120 Å². The molecule has 0 saturated heterocycles. The van der Waals surface area contributed by atoms with E-state index >= 15 is 0 Å². The number of aryl methyl sites for hydroxylation is 1. The summed E-state index contributed by atoms with van der Waals surface area (Å²) < 4.78 is 10.5. The van der Waals surface area contributed by atoms with Gasteiger partial charge in [-0.05, 0) is 55.3 Å². The molecule has 3 aromatic carbocycles. The molecule has 0 saturated carbocycles. The van der Waals surface area contributed by atoms with E-state index in [1.54, 1.807) is 49.4 Å². The van der Waals surface area contributed by atoms with Gasteiger partial charge in [-0.2, -0.15) is 0 Å². The van der Waals surface area contributed by atoms with E-state index in [-0.39, 0.29) is 17.5 Å². The van der Waals surface area contributed by atoms with E-state index in [9.17, 15) is 19.7 Å². The van der Waals surface area contributed by atoms with Crippen molar-refractivity contribution >= 4 is 40.6 Å². The van der Waals surface area contributed by atoms with Gasteiger partial charge >= 0.3 is 0 Å². The fourth-order valence-corrected chi connectivity index (χ4v) is 4.40. The molecule has 3 aromatic rings. The minimum atomic E-state index is -0.497. The van der Waals surface area contributed by atoms with E-state index in [2.05, 4.69) is 10.6 Å². The largest absolute Gasteiger partial charge is 0.493 e. The number of nitrogens with zero attached hydrogens (tertiary/aromatic N) is 1. The molecule has 0 fully saturated rings. The first-order chi connectivity index (χ1) is 17.2. The Balaban J connectivity index is 1.71. The molecule has 188 valence electrons. The van der Waals surface area contributed by atoms with Crippen LogP contribution in [0.15, 0.2) is 65.6 Å². The molecule has 2 N–H and O–H groups in total. The summed E-state index contributed by atoms with van der Waals surface area (Å²) in [7, 11) is 3.02. The lowest BCUT2D eigenvalue weighted by Gasteiger charge is -2.16. The number of thioether (sulfide) groups is 1. The zero-order valence-electron chi connectivity index (χ0n) is 20.4. The number of ether oxygens (including phenoxy) is 2. The maximum atomic E-state index is 12.9. The van der Waals surface area contributed by atoms with Gasteiger partial charge in [0.25, 0.3) is 11.6 Å². The Morgan fingerprint density at radius 1 is 1.00 bits per heavy atom. The van der Waals surface area contributed by atoms with Crippen molar-refractivity contribution in [1.29, 1.82) is 0 Å². The maximum Gasteiger partial charge on any atom is 0.271 e. The second-order valence-electron chi connectivity index (χ2n) is 7.81. The summed E-state index contributed by atoms with van der Waals surface area (Å²) in [6, 6.07) is 16.5. The second-order valence-corrected chi connectivity index (χ2v) is 9.09. The lowest BCUT2D eigenvalue weighted by atomic mass is 10.1. The predicted octanol–water partition coefficient (Wildman–Crippen LogP) is 5.68. The van der Waals surface area contributed by atoms with E-state index in [0.29, 0.717) is 34.9 Å². The second kappa shape index (κ2) is 12.1. The van der Waals surface area contributed by atoms with Gasteiger partial charge < -0.3 is 20.1 Å². The minimum Gasteiger partial charge on any atom is -0.493 e. The van der Waals surface area contributed by atoms with Gasteiger partial charge in [0.1, 0.15) is 0 Å². The number of benzene rings is 3. The van der Waals surface area contributed by atoms with Crippen LogP contribution in [0.5, 0.6) is 11.5 Å². The monoisotopic (exact) mass is 509 g/mol. The first kappa shape index (κ1) is 26.6. The van der Waals surface area contributed by atoms with E-state index in [0.717, 1.165) is 10.5 Å². The van der Waals surface area contributed by atoms with Gasteiger partial charge in [0.15, 0.2) is 11.5 Å². The highest BCUT2D eigenvalue weighted by molar-refractivity contribution is 8.00. The Bertz CT molecular complexity index is 1280. The highest BCUT2D eigenvalue weighted by Gasteiger charge is 2.20. The molecular formula is C26H27N3O6S. The van der Waals surface area contributed by atoms with Crippen molar-refractivity contribution in [1.82, 2.24) is 0 Å². The molecule has 3 rings (SSSR count). The highest BCUT2D eigenvalue weighted by Crippen LogP contribution is 2.31. The van der Waals surface area contributed by atoms with Crippen molar-refractivity contribution in [3.05, 3.63) is 81.9 Å². The SMILES string of the molecule is CCC(Sc1cccc(NC(=O)c2ccc(OC)c(OC)c2)c1)C(=O)Nc1cc([N+](=O)[O-])ccc1C. The molecule has 0 radical (unpaired) electrons. The van der Waals surface area contributed by atoms with Crippen molar-refractivity contribution in [2.45, 2.75) is 30.4 Å². The number of hydrogen-bond acceptors (Lipinski definition) is 7. The zero-order valence-corrected chi connectivity index (χ0v) is 21.2. The summed E-state index contributed by atoms with van der Waals surface area (Å²) in [6.45, 7) is 3.66. The van der Waals surface area contributed by atoms with Crippen LogP contribution in [0.2, 0.25) is 0 Å². The molecule has 2 amide bonds. The van der Waals surface area contributed by atoms with Gasteiger partial charge in [0.05, 0.1) is 30.1 Å². The molecule has 0 aromatic heterocycles. The van der Waals surface area contributed by atoms with Crippen molar-refractivity contribution < 1.29 is 24.0 Å². The van der Waals surface area contributed by atoms with Gasteiger partial charge in [0, 0.05) is 28.3 Å². The Morgan fingerprint density at radius 2 is 1.75 bits per heavy atom. The minimum absolute atomic E-state index is 0.0884. The van der Waals surface area contributed by atoms with Crippen LogP contribution in [0.25, 0.3) is 0 Å². The van der Waals surface area contributed by atoms with Crippen molar-refractivity contribution in [2.24, 2.45) is 0 Å². The lowest BCUT2D eigenvalue weighted by molar-refractivity contribution is -0.384. The third-order valence-corrected chi connectivity index (χ3v) is 6.73. The molecular weight excluding hydrogens is 482 g/mol. The van der Waals surface area contributed by atoms with Crippen LogP contribution in [0.3, 0.4) is 0 Å². The standard InChI is InChI=1S/C26H27N3O6S/c1-5-24(26(31)28-21-15-19(29(32)33)11-9-16(21)2)36-20-8-6-7-18(14-20)27-25(30)17-10-12-22(34-3)23(13-17)35-4/h6-15,24H,5H2,1-4H3,(H,27,30)(H,28,31). The van der Waals surface area contributed by atoms with Gasteiger partial charge in [-0.1, -0.05) is 19.1 Å². The summed E-state index contributed by atoms with van der Waals surface area (Å²) in [6.07, 6.45) is 0.534. The maximum absolute atomic E-state index is 12.9. The van der Waals surface area contributed by atoms with E-state index in [1.807, 2.05) is 13.0 Å². The van der Waals surface area contributed by atoms with Gasteiger partial charge in [-0.3, -0.25) is 19.7 Å². The van der Waals surface area contributed by atoms with E-state index in [1.165, 1.54) is 38.1 Å². The molecule has 1 unspecified atom stereocenters. The molecule has 0 heterocycles. The summed E-state index contributed by atoms with van der Waals surface area (Å²) in [5.74, 6) is 0.400. The number of nitro groups is 1. The number of anilines is 2. The molecule has 0 aliphatic carbocycles. The molecule has 0 aliphatic heterocycles. The number of amides is 2. The average molecular weight is 510 g/mol. The third-order valence-electron chi connectivity index (χ3n) is 5.37. The lowest BCUT2D eigenvalue weighted by Crippen LogP contribution is -2.25. The summed E-state index contributed by atoms with van der Waals surface area (Å²) >= 11 is 1.35. The molecule has 0 bridgehead atoms. The average Bonchev–Trinajstić information content (AvgIpc) is 2.88. The Morgan fingerprint density at radius 3 is 2.42 bits per heavy atom. The third kappa shape index (κ3) is 6.54. The van der Waals surface area contributed by atoms with Crippen LogP contribution in [0.1, 0.15) is 29.3 Å². The summed E-state index contributed by atoms with van der Waals surface area (Å²) in [5.41, 5.74) is 2.03. The van der Waals surface area contributed by atoms with Crippen molar-refractivity contribution in [3.8, 4) is 11.5 Å². The quantitative estimate of drug-likeness (QED) is 0.205. The molecule has 10 heteroatoms. The van der Waals surface area contributed by atoms with E-state index < -0.39 is 10.2 Å². The molecule has 9 nitrogen and oxygen atoms in total. The molecule has 0 spiro atoms. The van der Waals surface area contributed by atoms with Gasteiger partial charge in [-0.15, -0.1) is 11.8 Å². The van der Waals surface area contributed by atoms with Crippen LogP contribution in [-0.2, 0) is 4.79 Å². The number of methoxy groups -OCH3 is 2. The van der Waals surface area contributed by atoms with Crippen LogP contribution in [0.4, 0.5) is 17.1 Å². The fraction of sp³-hybridized carbons (Fsp3) is 0.231. The predicted molar refractivity (Wildman–Crippen MR) is 140 cm³/mol. The number of nitro benzene ring substituents is 1. The summed E-state index contributed by atoms with van der Waals surface area (Å²) in [4.78, 5) is 37.1. The van der Waals surface area contributed by atoms with Gasteiger partial charge in [0.2, 0.25) is 5.91 Å². The molecule has 36 heavy (non-hydrogen) atoms. The Hall–Kier alpha value is -4.05. The first-order valence-electron chi connectivity index (χ1n) is 11.1. The van der Waals surface area contributed by atoms with Crippen LogP contribution >= 0.6 is 11.8 Å². The van der Waals surface area contributed by atoms with Crippen LogP contribution < -0.4 is 20.1 Å². The summed E-state index contributed by atoms with van der Waals surface area (Å²) in [5, 5.41) is 16.3. The number of carbonyl (C=O) groups excluding carboxylic acids is 2. The van der Waals surface area contributed by atoms with Crippen molar-refractivity contribution in [2.75, 3.05) is 24.9 Å². The number of carbonyl (C=O) groups is 2. The molecule has 0 aliphatic rings. The Kier molecular flexibility index (Phi) is 8.91. The van der Waals surface area contributed by atoms with Crippen LogP contribution in [0, 0.1) is 17.0 Å². The van der Waals surface area contributed by atoms with Gasteiger partial charge in [-0.25, -0.2) is 0 Å². The van der Waals surface area contributed by atoms with Crippen molar-refractivity contribution in [3.63, 3.8) is 0 Å². The molecule has 1 atom stereocenters. The normalized spacial score (nSPS) is 11.3. The van der Waals surface area contributed by atoms with E-state index in [4.69, 9.17) is 9.47 Å². The fourth-order valence-electron chi connectivity index (χ4n) is 3.39. The van der Waals surface area contributed by atoms with Crippen LogP contribution in [-0.4, -0.2) is 36.2 Å². The Labute approximate surface area is 213 Å². The number of nitrogens with one attached hydrogen (secondary N) is 2. The number of rotatable bonds is 10. The number of non-ortho nitro benzene ring substituents is 1. The zero-order chi connectivity index (χ0) is 26.2. The smallest absolute Gasteiger partial charge is 0.271 e. The number of hydrogen-bond donors (Lipinski definition) is 2. The highest BCUT2D eigenvalue weighted by atomic mass is 32.2. The first-order valence-corrected chi connectivity index (χ1v) is 12.0.